The average Bonchev–Trinajstić information content (AvgIpc) is 3.00. The Kier molecular flexibility index (Phi) is 4.18. The van der Waals surface area contributed by atoms with Crippen molar-refractivity contribution in [2.45, 2.75) is 6.54 Å². The monoisotopic (exact) mass is 284 g/mol. The predicted molar refractivity (Wildman–Crippen MR) is 78.6 cm³/mol. The summed E-state index contributed by atoms with van der Waals surface area (Å²) < 4.78 is 10.2. The zero-order chi connectivity index (χ0) is 14.5. The lowest BCUT2D eigenvalue weighted by atomic mass is 10.2. The molecule has 0 radical (unpaired) electrons. The van der Waals surface area contributed by atoms with Gasteiger partial charge in [0.25, 0.3) is 0 Å². The Balaban J connectivity index is 1.75. The van der Waals surface area contributed by atoms with E-state index in [4.69, 9.17) is 9.26 Å². The van der Waals surface area contributed by atoms with Crippen LogP contribution in [0.15, 0.2) is 40.9 Å². The topological polar surface area (TPSA) is 73.1 Å². The zero-order valence-electron chi connectivity index (χ0n) is 11.7. The van der Waals surface area contributed by atoms with E-state index in [2.05, 4.69) is 20.4 Å². The zero-order valence-corrected chi connectivity index (χ0v) is 11.7. The first-order chi connectivity index (χ1) is 10.4. The molecule has 6 nitrogen and oxygen atoms in total. The van der Waals surface area contributed by atoms with Crippen molar-refractivity contribution < 1.29 is 9.26 Å². The molecule has 3 aromatic rings. The normalized spacial score (nSPS) is 11.1. The minimum absolute atomic E-state index is 0.504. The van der Waals surface area contributed by atoms with E-state index in [1.54, 1.807) is 7.11 Å². The summed E-state index contributed by atoms with van der Waals surface area (Å²) >= 11 is 0. The van der Waals surface area contributed by atoms with E-state index in [1.807, 2.05) is 36.4 Å². The van der Waals surface area contributed by atoms with Gasteiger partial charge < -0.3 is 14.6 Å². The molecule has 2 heterocycles. The molecule has 0 aliphatic heterocycles. The highest BCUT2D eigenvalue weighted by Gasteiger charge is 2.10. The molecule has 1 N–H and O–H groups in total. The van der Waals surface area contributed by atoms with Crippen molar-refractivity contribution >= 4 is 10.9 Å². The van der Waals surface area contributed by atoms with E-state index in [9.17, 15) is 0 Å². The van der Waals surface area contributed by atoms with E-state index in [0.717, 1.165) is 17.4 Å². The van der Waals surface area contributed by atoms with Crippen molar-refractivity contribution in [1.29, 1.82) is 0 Å². The SMILES string of the molecule is COCCNCc1nc(-c2ccc3ccccc3n2)no1. The van der Waals surface area contributed by atoms with Gasteiger partial charge in [0.15, 0.2) is 0 Å². The molecule has 0 aliphatic rings. The predicted octanol–water partition coefficient (Wildman–Crippen LogP) is 2.02. The first kappa shape index (κ1) is 13.7. The smallest absolute Gasteiger partial charge is 0.240 e. The molecule has 1 aromatic carbocycles. The van der Waals surface area contributed by atoms with Crippen LogP contribution in [0.25, 0.3) is 22.4 Å². The van der Waals surface area contributed by atoms with E-state index >= 15 is 0 Å². The fourth-order valence-corrected chi connectivity index (χ4v) is 1.99. The van der Waals surface area contributed by atoms with Crippen LogP contribution in [-0.4, -0.2) is 35.4 Å². The Morgan fingerprint density at radius 1 is 1.14 bits per heavy atom. The second kappa shape index (κ2) is 6.43. The molecular formula is C15H16N4O2. The molecule has 0 aliphatic carbocycles. The Hall–Kier alpha value is -2.31. The van der Waals surface area contributed by atoms with Gasteiger partial charge in [-0.3, -0.25) is 0 Å². The van der Waals surface area contributed by atoms with Gasteiger partial charge in [0.05, 0.1) is 18.7 Å². The van der Waals surface area contributed by atoms with Crippen LogP contribution < -0.4 is 5.32 Å². The van der Waals surface area contributed by atoms with Crippen LogP contribution in [0.4, 0.5) is 0 Å². The summed E-state index contributed by atoms with van der Waals surface area (Å²) in [5, 5.41) is 8.22. The van der Waals surface area contributed by atoms with E-state index in [0.29, 0.717) is 30.6 Å². The molecular weight excluding hydrogens is 268 g/mol. The number of aromatic nitrogens is 3. The van der Waals surface area contributed by atoms with Gasteiger partial charge in [-0.25, -0.2) is 4.98 Å². The molecule has 0 spiro atoms. The lowest BCUT2D eigenvalue weighted by Gasteiger charge is -1.99. The largest absolute Gasteiger partial charge is 0.383 e. The molecule has 0 bridgehead atoms. The summed E-state index contributed by atoms with van der Waals surface area (Å²) in [7, 11) is 1.66. The van der Waals surface area contributed by atoms with Gasteiger partial charge in [0.2, 0.25) is 11.7 Å². The number of fused-ring (bicyclic) bond motifs is 1. The van der Waals surface area contributed by atoms with Gasteiger partial charge in [0.1, 0.15) is 5.69 Å². The average molecular weight is 284 g/mol. The second-order valence-electron chi connectivity index (χ2n) is 4.57. The molecule has 21 heavy (non-hydrogen) atoms. The van der Waals surface area contributed by atoms with Crippen molar-refractivity contribution in [2.75, 3.05) is 20.3 Å². The Bertz CT molecular complexity index is 726. The summed E-state index contributed by atoms with van der Waals surface area (Å²) in [4.78, 5) is 8.88. The number of pyridine rings is 1. The van der Waals surface area contributed by atoms with Gasteiger partial charge in [-0.15, -0.1) is 0 Å². The molecule has 0 fully saturated rings. The van der Waals surface area contributed by atoms with Gasteiger partial charge in [-0.2, -0.15) is 4.98 Å². The summed E-state index contributed by atoms with van der Waals surface area (Å²) in [5.74, 6) is 1.04. The van der Waals surface area contributed by atoms with Crippen LogP contribution in [-0.2, 0) is 11.3 Å². The highest BCUT2D eigenvalue weighted by Crippen LogP contribution is 2.18. The van der Waals surface area contributed by atoms with Crippen LogP contribution in [0.2, 0.25) is 0 Å². The number of para-hydroxylation sites is 1. The molecule has 2 aromatic heterocycles. The maximum absolute atomic E-state index is 5.21. The van der Waals surface area contributed by atoms with E-state index in [1.165, 1.54) is 0 Å². The molecule has 0 unspecified atom stereocenters. The van der Waals surface area contributed by atoms with Crippen molar-refractivity contribution in [1.82, 2.24) is 20.4 Å². The van der Waals surface area contributed by atoms with Gasteiger partial charge in [0, 0.05) is 19.0 Å². The van der Waals surface area contributed by atoms with Crippen molar-refractivity contribution in [3.63, 3.8) is 0 Å². The minimum Gasteiger partial charge on any atom is -0.383 e. The van der Waals surface area contributed by atoms with Gasteiger partial charge in [-0.05, 0) is 12.1 Å². The van der Waals surface area contributed by atoms with Crippen LogP contribution in [0.1, 0.15) is 5.89 Å². The first-order valence-corrected chi connectivity index (χ1v) is 6.75. The molecule has 0 amide bonds. The number of hydrogen-bond donors (Lipinski definition) is 1. The lowest BCUT2D eigenvalue weighted by Crippen LogP contribution is -2.18. The quantitative estimate of drug-likeness (QED) is 0.698. The fourth-order valence-electron chi connectivity index (χ4n) is 1.99. The maximum Gasteiger partial charge on any atom is 0.240 e. The maximum atomic E-state index is 5.21. The molecule has 108 valence electrons. The van der Waals surface area contributed by atoms with Crippen LogP contribution >= 0.6 is 0 Å². The molecule has 0 saturated carbocycles. The van der Waals surface area contributed by atoms with E-state index in [-0.39, 0.29) is 0 Å². The van der Waals surface area contributed by atoms with Crippen LogP contribution in [0.3, 0.4) is 0 Å². The first-order valence-electron chi connectivity index (χ1n) is 6.75. The second-order valence-corrected chi connectivity index (χ2v) is 4.57. The standard InChI is InChI=1S/C15H16N4O2/c1-20-9-8-16-10-14-18-15(19-21-14)13-7-6-11-4-2-3-5-12(11)17-13/h2-7,16H,8-10H2,1H3. The number of benzene rings is 1. The lowest BCUT2D eigenvalue weighted by molar-refractivity contribution is 0.197. The number of ether oxygens (including phenoxy) is 1. The fraction of sp³-hybridized carbons (Fsp3) is 0.267. The number of methoxy groups -OCH3 is 1. The number of nitrogens with zero attached hydrogens (tertiary/aromatic N) is 3. The van der Waals surface area contributed by atoms with E-state index < -0.39 is 0 Å². The number of hydrogen-bond acceptors (Lipinski definition) is 6. The Morgan fingerprint density at radius 2 is 2.05 bits per heavy atom. The highest BCUT2D eigenvalue weighted by molar-refractivity contribution is 5.80. The summed E-state index contributed by atoms with van der Waals surface area (Å²) in [6.45, 7) is 1.90. The van der Waals surface area contributed by atoms with Gasteiger partial charge in [-0.1, -0.05) is 29.4 Å². The Morgan fingerprint density at radius 3 is 2.95 bits per heavy atom. The van der Waals surface area contributed by atoms with Crippen LogP contribution in [0, 0.1) is 0 Å². The number of nitrogens with one attached hydrogen (secondary N) is 1. The summed E-state index contributed by atoms with van der Waals surface area (Å²) in [6, 6.07) is 11.8. The van der Waals surface area contributed by atoms with Crippen molar-refractivity contribution in [3.05, 3.63) is 42.3 Å². The minimum atomic E-state index is 0.504. The Labute approximate surface area is 122 Å². The number of rotatable bonds is 6. The third-order valence-electron chi connectivity index (χ3n) is 3.05. The van der Waals surface area contributed by atoms with Crippen molar-refractivity contribution in [2.24, 2.45) is 0 Å². The molecule has 0 saturated heterocycles. The van der Waals surface area contributed by atoms with Crippen molar-refractivity contribution in [3.8, 4) is 11.5 Å². The summed E-state index contributed by atoms with van der Waals surface area (Å²) in [6.07, 6.45) is 0. The van der Waals surface area contributed by atoms with Crippen LogP contribution in [0.5, 0.6) is 0 Å². The third-order valence-corrected chi connectivity index (χ3v) is 3.05. The third kappa shape index (κ3) is 3.24. The molecule has 0 atom stereocenters. The van der Waals surface area contributed by atoms with Gasteiger partial charge >= 0.3 is 0 Å². The summed E-state index contributed by atoms with van der Waals surface area (Å²) in [5.41, 5.74) is 1.63. The molecule has 3 rings (SSSR count). The molecule has 6 heteroatoms. The highest BCUT2D eigenvalue weighted by atomic mass is 16.5.